The van der Waals surface area contributed by atoms with Crippen LogP contribution in [0.2, 0.25) is 10.0 Å². The van der Waals surface area contributed by atoms with E-state index >= 15 is 0 Å². The van der Waals surface area contributed by atoms with Crippen molar-refractivity contribution in [1.82, 2.24) is 40.0 Å². The zero-order valence-electron chi connectivity index (χ0n) is 25.0. The molecule has 0 radical (unpaired) electrons. The highest BCUT2D eigenvalue weighted by atomic mass is 35.5. The highest BCUT2D eigenvalue weighted by Gasteiger charge is 2.25. The largest absolute Gasteiger partial charge is 0.476 e. The number of nitrogens with two attached hydrogens (primary N) is 1. The number of ether oxygens (including phenoxy) is 2. The normalized spacial score (nSPS) is 10.8. The number of primary amides is 1. The summed E-state index contributed by atoms with van der Waals surface area (Å²) in [6.07, 6.45) is 3.13. The Balaban J connectivity index is 0.000000188. The number of methoxy groups -OCH3 is 2. The van der Waals surface area contributed by atoms with Crippen LogP contribution in [0.1, 0.15) is 53.1 Å². The van der Waals surface area contributed by atoms with E-state index in [1.807, 2.05) is 36.4 Å². The van der Waals surface area contributed by atoms with Crippen molar-refractivity contribution >= 4 is 68.8 Å². The molecule has 0 aliphatic carbocycles. The first-order valence-corrected chi connectivity index (χ1v) is 14.4. The molecular formula is C30H23Cl2N9O7. The Kier molecular flexibility index (Phi) is 9.86. The summed E-state index contributed by atoms with van der Waals surface area (Å²) in [5.74, 6) is -3.83. The zero-order valence-corrected chi connectivity index (χ0v) is 26.5. The van der Waals surface area contributed by atoms with Gasteiger partial charge in [0.1, 0.15) is 0 Å². The van der Waals surface area contributed by atoms with Crippen LogP contribution in [0.4, 0.5) is 0 Å². The minimum Gasteiger partial charge on any atom is -0.476 e. The summed E-state index contributed by atoms with van der Waals surface area (Å²) in [5, 5.41) is 27.5. The summed E-state index contributed by atoms with van der Waals surface area (Å²) in [4.78, 5) is 56.6. The van der Waals surface area contributed by atoms with Gasteiger partial charge in [0, 0.05) is 23.2 Å². The predicted molar refractivity (Wildman–Crippen MR) is 170 cm³/mol. The molecule has 0 aliphatic heterocycles. The molecule has 0 fully saturated rings. The average Bonchev–Trinajstić information content (AvgIpc) is 3.69. The van der Waals surface area contributed by atoms with E-state index in [0.717, 1.165) is 44.8 Å². The fourth-order valence-electron chi connectivity index (χ4n) is 4.45. The van der Waals surface area contributed by atoms with Gasteiger partial charge in [-0.05, 0) is 47.5 Å². The lowest BCUT2D eigenvalue weighted by Gasteiger charge is -2.03. The summed E-state index contributed by atoms with van der Waals surface area (Å²) in [6.45, 7) is 0.416. The Morgan fingerprint density at radius 1 is 0.688 bits per heavy atom. The molecular weight excluding hydrogens is 669 g/mol. The van der Waals surface area contributed by atoms with Crippen LogP contribution in [0.3, 0.4) is 0 Å². The fraction of sp³-hybridized carbons (Fsp3) is 0.133. The summed E-state index contributed by atoms with van der Waals surface area (Å²) in [6, 6.07) is 14.6. The Hall–Kier alpha value is -6.00. The maximum absolute atomic E-state index is 11.6. The third-order valence-electron chi connectivity index (χ3n) is 6.58. The number of carboxylic acids is 1. The molecule has 244 valence electrons. The van der Waals surface area contributed by atoms with Crippen molar-refractivity contribution in [3.8, 4) is 0 Å². The summed E-state index contributed by atoms with van der Waals surface area (Å²) >= 11 is 11.9. The average molecular weight is 692 g/mol. The smallest absolute Gasteiger partial charge is 0.361 e. The van der Waals surface area contributed by atoms with Gasteiger partial charge >= 0.3 is 17.9 Å². The van der Waals surface area contributed by atoms with Crippen LogP contribution >= 0.6 is 23.2 Å². The number of aromatic carboxylic acids is 1. The summed E-state index contributed by atoms with van der Waals surface area (Å²) in [7, 11) is 2.33. The first-order chi connectivity index (χ1) is 22.9. The molecule has 0 bridgehead atoms. The van der Waals surface area contributed by atoms with Crippen LogP contribution in [0.15, 0.2) is 60.9 Å². The second-order valence-electron chi connectivity index (χ2n) is 9.87. The topological polar surface area (TPSA) is 220 Å². The molecule has 16 nitrogen and oxygen atoms in total. The molecule has 0 saturated heterocycles. The number of nitrogens with zero attached hydrogens (tertiary/aromatic N) is 8. The van der Waals surface area contributed by atoms with E-state index in [9.17, 15) is 19.2 Å². The number of pyridine rings is 2. The van der Waals surface area contributed by atoms with Gasteiger partial charge in [-0.15, -0.1) is 20.4 Å². The Bertz CT molecular complexity index is 2060. The molecule has 0 spiro atoms. The molecule has 4 aromatic heterocycles. The van der Waals surface area contributed by atoms with Gasteiger partial charge in [0.15, 0.2) is 5.69 Å². The number of rotatable bonds is 8. The van der Waals surface area contributed by atoms with Gasteiger partial charge in [0.05, 0.1) is 48.4 Å². The first-order valence-electron chi connectivity index (χ1n) is 13.6. The van der Waals surface area contributed by atoms with Gasteiger partial charge in [-0.1, -0.05) is 35.3 Å². The molecule has 18 heteroatoms. The van der Waals surface area contributed by atoms with Gasteiger partial charge in [-0.2, -0.15) is 9.59 Å². The lowest BCUT2D eigenvalue weighted by atomic mass is 10.1. The standard InChI is InChI=1S/C15H12ClN5O3.C15H11ClN4O4/c1-24-15(23)13-12(14(17)22)19-21(20-13)7-8-2-3-11-9(4-8)5-10(16)6-18-11;1-24-15(23)13-12(14(21)22)18-20(19-13)7-8-2-3-11-9(4-8)5-10(16)6-17-11/h2-6H,7H2,1H3,(H2,17,22);2-6H,7H2,1H3,(H,21,22). The highest BCUT2D eigenvalue weighted by molar-refractivity contribution is 6.31. The number of fused-ring (bicyclic) bond motifs is 2. The third-order valence-corrected chi connectivity index (χ3v) is 6.99. The first kappa shape index (κ1) is 33.4. The van der Waals surface area contributed by atoms with E-state index in [0.29, 0.717) is 10.0 Å². The number of benzene rings is 2. The number of hydrogen-bond donors (Lipinski definition) is 2. The summed E-state index contributed by atoms with van der Waals surface area (Å²) in [5.41, 5.74) is 7.20. The number of esters is 2. The van der Waals surface area contributed by atoms with Crippen molar-refractivity contribution in [2.45, 2.75) is 13.1 Å². The molecule has 6 rings (SSSR count). The number of carbonyl (C=O) groups excluding carboxylic acids is 3. The lowest BCUT2D eigenvalue weighted by molar-refractivity contribution is 0.0574. The molecule has 0 unspecified atom stereocenters. The lowest BCUT2D eigenvalue weighted by Crippen LogP contribution is -2.17. The second-order valence-corrected chi connectivity index (χ2v) is 10.7. The Morgan fingerprint density at radius 3 is 1.52 bits per heavy atom. The monoisotopic (exact) mass is 691 g/mol. The minimum absolute atomic E-state index is 0.180. The molecule has 3 N–H and O–H groups in total. The minimum atomic E-state index is -1.35. The quantitative estimate of drug-likeness (QED) is 0.219. The van der Waals surface area contributed by atoms with Crippen LogP contribution in [-0.2, 0) is 22.6 Å². The molecule has 0 atom stereocenters. The highest BCUT2D eigenvalue weighted by Crippen LogP contribution is 2.20. The van der Waals surface area contributed by atoms with Gasteiger partial charge in [0.2, 0.25) is 17.1 Å². The van der Waals surface area contributed by atoms with Crippen molar-refractivity contribution < 1.29 is 33.8 Å². The van der Waals surface area contributed by atoms with Gasteiger partial charge < -0.3 is 20.3 Å². The second kappa shape index (κ2) is 14.2. The molecule has 6 aromatic rings. The third kappa shape index (κ3) is 7.51. The van der Waals surface area contributed by atoms with E-state index < -0.39 is 29.5 Å². The van der Waals surface area contributed by atoms with Crippen LogP contribution in [0.25, 0.3) is 21.8 Å². The molecule has 1 amide bonds. The van der Waals surface area contributed by atoms with E-state index in [1.165, 1.54) is 11.9 Å². The maximum atomic E-state index is 11.6. The number of amides is 1. The van der Waals surface area contributed by atoms with Crippen LogP contribution in [-0.4, -0.2) is 83.1 Å². The van der Waals surface area contributed by atoms with Crippen molar-refractivity contribution in [3.05, 3.63) is 105 Å². The number of halogens is 2. The molecule has 0 aliphatic rings. The van der Waals surface area contributed by atoms with Crippen molar-refractivity contribution in [3.63, 3.8) is 0 Å². The van der Waals surface area contributed by atoms with Gasteiger partial charge in [-0.3, -0.25) is 14.8 Å². The fourth-order valence-corrected chi connectivity index (χ4v) is 4.78. The SMILES string of the molecule is COC(=O)c1nn(Cc2ccc3ncc(Cl)cc3c2)nc1C(=O)O.COC(=O)c1nn(Cc2ccc3ncc(Cl)cc3c2)nc1C(N)=O. The number of aromatic nitrogens is 8. The van der Waals surface area contributed by atoms with Crippen LogP contribution in [0.5, 0.6) is 0 Å². The predicted octanol–water partition coefficient (Wildman–Crippen LogP) is 3.43. The maximum Gasteiger partial charge on any atom is 0.361 e. The summed E-state index contributed by atoms with van der Waals surface area (Å²) < 4.78 is 9.10. The van der Waals surface area contributed by atoms with E-state index in [-0.39, 0.29) is 30.2 Å². The number of carbonyl (C=O) groups is 4. The molecule has 4 heterocycles. The zero-order chi connectivity index (χ0) is 34.5. The number of carboxylic acid groups (broad SMARTS) is 1. The Labute approximate surface area is 280 Å². The molecule has 48 heavy (non-hydrogen) atoms. The van der Waals surface area contributed by atoms with Crippen LogP contribution < -0.4 is 5.73 Å². The molecule has 2 aromatic carbocycles. The van der Waals surface area contributed by atoms with E-state index in [2.05, 4.69) is 39.8 Å². The molecule has 0 saturated carbocycles. The van der Waals surface area contributed by atoms with E-state index in [4.69, 9.17) is 34.0 Å². The van der Waals surface area contributed by atoms with Gasteiger partial charge in [0.25, 0.3) is 5.91 Å². The van der Waals surface area contributed by atoms with Crippen molar-refractivity contribution in [1.29, 1.82) is 0 Å². The number of hydrogen-bond acceptors (Lipinski definition) is 12. The van der Waals surface area contributed by atoms with Crippen LogP contribution in [0, 0.1) is 0 Å². The van der Waals surface area contributed by atoms with Crippen molar-refractivity contribution in [2.24, 2.45) is 5.73 Å². The van der Waals surface area contributed by atoms with E-state index in [1.54, 1.807) is 24.5 Å². The van der Waals surface area contributed by atoms with Gasteiger partial charge in [-0.25, -0.2) is 14.4 Å². The Morgan fingerprint density at radius 2 is 1.10 bits per heavy atom. The van der Waals surface area contributed by atoms with Crippen molar-refractivity contribution in [2.75, 3.05) is 14.2 Å².